The molecule has 2 N–H and O–H groups in total. The standard InChI is InChI=1S/C9H17NO4/c1-9(13,8(11)12)7-10-3-2-5-14-6-4-10/h13H,2-7H2,1H3,(H,11,12). The predicted octanol–water partition coefficient (Wildman–Crippen LogP) is -0.456. The maximum Gasteiger partial charge on any atom is 0.336 e. The van der Waals surface area contributed by atoms with Crippen molar-refractivity contribution in [2.24, 2.45) is 0 Å². The molecular weight excluding hydrogens is 186 g/mol. The van der Waals surface area contributed by atoms with Crippen molar-refractivity contribution < 1.29 is 19.7 Å². The van der Waals surface area contributed by atoms with E-state index in [4.69, 9.17) is 9.84 Å². The first-order chi connectivity index (χ1) is 6.52. The Bertz CT molecular complexity index is 197. The number of β-amino-alcohol motifs (C(OH)–C–C–N with tert-alkyl or cyclic N) is 1. The lowest BCUT2D eigenvalue weighted by molar-refractivity contribution is -0.158. The first-order valence-electron chi connectivity index (χ1n) is 4.78. The predicted molar refractivity (Wildman–Crippen MR) is 50.1 cm³/mol. The zero-order valence-electron chi connectivity index (χ0n) is 8.40. The minimum Gasteiger partial charge on any atom is -0.479 e. The molecule has 0 aromatic rings. The van der Waals surface area contributed by atoms with Crippen molar-refractivity contribution in [1.29, 1.82) is 0 Å². The minimum atomic E-state index is -1.66. The number of hydrogen-bond acceptors (Lipinski definition) is 4. The van der Waals surface area contributed by atoms with E-state index in [9.17, 15) is 9.90 Å². The number of nitrogens with zero attached hydrogens (tertiary/aromatic N) is 1. The second-order valence-corrected chi connectivity index (χ2v) is 3.82. The van der Waals surface area contributed by atoms with Crippen LogP contribution in [0.2, 0.25) is 0 Å². The maximum atomic E-state index is 10.7. The van der Waals surface area contributed by atoms with Gasteiger partial charge in [0.2, 0.25) is 0 Å². The third kappa shape index (κ3) is 3.25. The molecular formula is C9H17NO4. The van der Waals surface area contributed by atoms with E-state index in [1.165, 1.54) is 6.92 Å². The van der Waals surface area contributed by atoms with Crippen LogP contribution in [0.1, 0.15) is 13.3 Å². The summed E-state index contributed by atoms with van der Waals surface area (Å²) < 4.78 is 5.23. The van der Waals surface area contributed by atoms with Gasteiger partial charge in [-0.3, -0.25) is 4.90 Å². The first-order valence-corrected chi connectivity index (χ1v) is 4.78. The van der Waals surface area contributed by atoms with E-state index < -0.39 is 11.6 Å². The summed E-state index contributed by atoms with van der Waals surface area (Å²) in [5.41, 5.74) is -1.66. The van der Waals surface area contributed by atoms with Gasteiger partial charge in [0.05, 0.1) is 6.61 Å². The zero-order valence-corrected chi connectivity index (χ0v) is 8.40. The summed E-state index contributed by atoms with van der Waals surface area (Å²) in [5.74, 6) is -1.18. The van der Waals surface area contributed by atoms with Gasteiger partial charge in [0.1, 0.15) is 0 Å². The minimum absolute atomic E-state index is 0.158. The number of carbonyl (C=O) groups is 1. The molecule has 1 saturated heterocycles. The van der Waals surface area contributed by atoms with Crippen LogP contribution in [0.15, 0.2) is 0 Å². The summed E-state index contributed by atoms with van der Waals surface area (Å²) in [6.07, 6.45) is 0.885. The Morgan fingerprint density at radius 1 is 1.50 bits per heavy atom. The van der Waals surface area contributed by atoms with Gasteiger partial charge in [-0.2, -0.15) is 0 Å². The van der Waals surface area contributed by atoms with Gasteiger partial charge in [-0.05, 0) is 13.3 Å². The molecule has 0 amide bonds. The number of ether oxygens (including phenoxy) is 1. The zero-order chi connectivity index (χ0) is 10.6. The van der Waals surface area contributed by atoms with Gasteiger partial charge in [-0.25, -0.2) is 4.79 Å². The maximum absolute atomic E-state index is 10.7. The summed E-state index contributed by atoms with van der Waals surface area (Å²) >= 11 is 0. The van der Waals surface area contributed by atoms with Gasteiger partial charge < -0.3 is 14.9 Å². The van der Waals surface area contributed by atoms with Crippen LogP contribution in [0, 0.1) is 0 Å². The van der Waals surface area contributed by atoms with Crippen molar-refractivity contribution in [1.82, 2.24) is 4.90 Å². The molecule has 0 aromatic carbocycles. The average molecular weight is 203 g/mol. The Morgan fingerprint density at radius 3 is 2.86 bits per heavy atom. The fourth-order valence-corrected chi connectivity index (χ4v) is 1.46. The largest absolute Gasteiger partial charge is 0.479 e. The van der Waals surface area contributed by atoms with Crippen molar-refractivity contribution in [3.05, 3.63) is 0 Å². The van der Waals surface area contributed by atoms with Crippen LogP contribution in [0.3, 0.4) is 0 Å². The Morgan fingerprint density at radius 2 is 2.21 bits per heavy atom. The molecule has 82 valence electrons. The summed E-state index contributed by atoms with van der Waals surface area (Å²) in [4.78, 5) is 12.6. The van der Waals surface area contributed by atoms with Crippen molar-refractivity contribution in [2.45, 2.75) is 18.9 Å². The monoisotopic (exact) mass is 203 g/mol. The van der Waals surface area contributed by atoms with Gasteiger partial charge in [0, 0.05) is 26.2 Å². The number of carboxylic acid groups (broad SMARTS) is 1. The van der Waals surface area contributed by atoms with Crippen LogP contribution in [-0.2, 0) is 9.53 Å². The van der Waals surface area contributed by atoms with Crippen LogP contribution >= 0.6 is 0 Å². The second-order valence-electron chi connectivity index (χ2n) is 3.82. The highest BCUT2D eigenvalue weighted by atomic mass is 16.5. The molecule has 0 saturated carbocycles. The fraction of sp³-hybridized carbons (Fsp3) is 0.889. The summed E-state index contributed by atoms with van der Waals surface area (Å²) in [5, 5.41) is 18.3. The third-order valence-corrected chi connectivity index (χ3v) is 2.31. The van der Waals surface area contributed by atoms with E-state index >= 15 is 0 Å². The molecule has 1 heterocycles. The van der Waals surface area contributed by atoms with Gasteiger partial charge in [-0.15, -0.1) is 0 Å². The lowest BCUT2D eigenvalue weighted by Gasteiger charge is -2.26. The number of hydrogen-bond donors (Lipinski definition) is 2. The van der Waals surface area contributed by atoms with Crippen LogP contribution in [0.4, 0.5) is 0 Å². The number of rotatable bonds is 3. The number of carboxylic acids is 1. The van der Waals surface area contributed by atoms with Crippen LogP contribution in [0.5, 0.6) is 0 Å². The fourth-order valence-electron chi connectivity index (χ4n) is 1.46. The SMILES string of the molecule is CC(O)(CN1CCCOCC1)C(=O)O. The molecule has 0 spiro atoms. The molecule has 1 aliphatic heterocycles. The van der Waals surface area contributed by atoms with Gasteiger partial charge in [0.15, 0.2) is 5.60 Å². The lowest BCUT2D eigenvalue weighted by atomic mass is 10.1. The highest BCUT2D eigenvalue weighted by Crippen LogP contribution is 2.08. The van der Waals surface area contributed by atoms with E-state index in [0.29, 0.717) is 19.8 Å². The van der Waals surface area contributed by atoms with E-state index in [0.717, 1.165) is 13.0 Å². The van der Waals surface area contributed by atoms with Crippen molar-refractivity contribution in [3.8, 4) is 0 Å². The molecule has 0 aliphatic carbocycles. The molecule has 1 aliphatic rings. The van der Waals surface area contributed by atoms with Gasteiger partial charge >= 0.3 is 5.97 Å². The topological polar surface area (TPSA) is 70.0 Å². The Labute approximate surface area is 83.3 Å². The molecule has 1 fully saturated rings. The van der Waals surface area contributed by atoms with E-state index in [1.54, 1.807) is 0 Å². The molecule has 14 heavy (non-hydrogen) atoms. The smallest absolute Gasteiger partial charge is 0.336 e. The van der Waals surface area contributed by atoms with E-state index in [-0.39, 0.29) is 6.54 Å². The highest BCUT2D eigenvalue weighted by molar-refractivity contribution is 5.76. The third-order valence-electron chi connectivity index (χ3n) is 2.31. The molecule has 0 radical (unpaired) electrons. The van der Waals surface area contributed by atoms with Gasteiger partial charge in [-0.1, -0.05) is 0 Å². The normalized spacial score (nSPS) is 23.9. The Hall–Kier alpha value is -0.650. The van der Waals surface area contributed by atoms with E-state index in [1.807, 2.05) is 4.90 Å². The molecule has 5 nitrogen and oxygen atoms in total. The molecule has 5 heteroatoms. The molecule has 1 atom stereocenters. The van der Waals surface area contributed by atoms with Crippen molar-refractivity contribution in [3.63, 3.8) is 0 Å². The quantitative estimate of drug-likeness (QED) is 0.650. The molecule has 0 bridgehead atoms. The Balaban J connectivity index is 2.45. The molecule has 1 rings (SSSR count). The Kier molecular flexibility index (Phi) is 3.86. The lowest BCUT2D eigenvalue weighted by Crippen LogP contribution is -2.47. The first kappa shape index (κ1) is 11.4. The summed E-state index contributed by atoms with van der Waals surface area (Å²) in [6, 6.07) is 0. The van der Waals surface area contributed by atoms with Crippen molar-refractivity contribution in [2.75, 3.05) is 32.8 Å². The van der Waals surface area contributed by atoms with Crippen LogP contribution < -0.4 is 0 Å². The van der Waals surface area contributed by atoms with Gasteiger partial charge in [0.25, 0.3) is 0 Å². The number of aliphatic carboxylic acids is 1. The van der Waals surface area contributed by atoms with Crippen molar-refractivity contribution >= 4 is 5.97 Å². The molecule has 0 aromatic heterocycles. The van der Waals surface area contributed by atoms with Crippen LogP contribution in [0.25, 0.3) is 0 Å². The van der Waals surface area contributed by atoms with E-state index in [2.05, 4.69) is 0 Å². The molecule has 1 unspecified atom stereocenters. The second kappa shape index (κ2) is 4.72. The highest BCUT2D eigenvalue weighted by Gasteiger charge is 2.32. The van der Waals surface area contributed by atoms with Crippen LogP contribution in [-0.4, -0.2) is 59.5 Å². The summed E-state index contributed by atoms with van der Waals surface area (Å²) in [6.45, 7) is 4.26. The number of aliphatic hydroxyl groups is 1. The average Bonchev–Trinajstić information content (AvgIpc) is 2.32. The summed E-state index contributed by atoms with van der Waals surface area (Å²) in [7, 11) is 0.